The number of hydrogen-bond donors (Lipinski definition) is 0. The lowest BCUT2D eigenvalue weighted by atomic mass is 9.88. The molecule has 0 saturated heterocycles. The summed E-state index contributed by atoms with van der Waals surface area (Å²) in [5.41, 5.74) is 4.60. The lowest BCUT2D eigenvalue weighted by Crippen LogP contribution is -2.25. The van der Waals surface area contributed by atoms with Gasteiger partial charge in [-0.1, -0.05) is 54.6 Å². The lowest BCUT2D eigenvalue weighted by Gasteiger charge is -2.19. The highest BCUT2D eigenvalue weighted by Gasteiger charge is 2.24. The SMILES string of the molecule is CC(C)(C)C(=O)Oc1ccc(/C(=C(\CCCl)c2ccccc2)c2ccc(OCC=O)cc2)cc1. The molecule has 0 aliphatic rings. The van der Waals surface area contributed by atoms with Crippen LogP contribution >= 0.6 is 11.6 Å². The minimum Gasteiger partial charge on any atom is -0.486 e. The number of carbonyl (C=O) groups excluding carboxylic acids is 2. The Kier molecular flexibility index (Phi) is 8.67. The molecule has 0 spiro atoms. The standard InChI is InChI=1S/C29H29ClO4/c1-29(2,3)28(32)34-25-15-11-23(12-16-25)27(22-9-13-24(14-10-22)33-20-19-31)26(17-18-30)21-7-5-4-6-8-21/h4-16,19H,17-18,20H2,1-3H3/b27-26+. The van der Waals surface area contributed by atoms with Crippen molar-refractivity contribution >= 4 is 35.0 Å². The first kappa shape index (κ1) is 25.3. The summed E-state index contributed by atoms with van der Waals surface area (Å²) in [5, 5.41) is 0. The van der Waals surface area contributed by atoms with Gasteiger partial charge in [-0.3, -0.25) is 9.59 Å². The van der Waals surface area contributed by atoms with Crippen molar-refractivity contribution in [2.75, 3.05) is 12.5 Å². The summed E-state index contributed by atoms with van der Waals surface area (Å²) in [5.74, 6) is 1.31. The zero-order chi connectivity index (χ0) is 24.6. The molecule has 34 heavy (non-hydrogen) atoms. The van der Waals surface area contributed by atoms with Gasteiger partial charge in [0, 0.05) is 5.88 Å². The van der Waals surface area contributed by atoms with Gasteiger partial charge >= 0.3 is 5.97 Å². The molecule has 176 valence electrons. The van der Waals surface area contributed by atoms with Gasteiger partial charge in [-0.2, -0.15) is 0 Å². The number of rotatable bonds is 9. The van der Waals surface area contributed by atoms with E-state index in [-0.39, 0.29) is 12.6 Å². The molecule has 0 saturated carbocycles. The van der Waals surface area contributed by atoms with Crippen molar-refractivity contribution in [3.63, 3.8) is 0 Å². The second kappa shape index (κ2) is 11.7. The fourth-order valence-electron chi connectivity index (χ4n) is 3.46. The lowest BCUT2D eigenvalue weighted by molar-refractivity contribution is -0.143. The molecule has 0 amide bonds. The van der Waals surface area contributed by atoms with Crippen LogP contribution in [0.4, 0.5) is 0 Å². The number of alkyl halides is 1. The maximum Gasteiger partial charge on any atom is 0.316 e. The van der Waals surface area contributed by atoms with Gasteiger partial charge in [0.15, 0.2) is 6.29 Å². The van der Waals surface area contributed by atoms with E-state index in [1.165, 1.54) is 0 Å². The molecule has 0 heterocycles. The fourth-order valence-corrected chi connectivity index (χ4v) is 3.65. The first-order valence-corrected chi connectivity index (χ1v) is 11.7. The van der Waals surface area contributed by atoms with Gasteiger partial charge in [-0.15, -0.1) is 11.6 Å². The van der Waals surface area contributed by atoms with Crippen LogP contribution in [0.3, 0.4) is 0 Å². The number of halogens is 1. The van der Waals surface area contributed by atoms with Gasteiger partial charge in [0.1, 0.15) is 18.1 Å². The number of ether oxygens (including phenoxy) is 2. The van der Waals surface area contributed by atoms with Gasteiger partial charge in [0.25, 0.3) is 0 Å². The van der Waals surface area contributed by atoms with Gasteiger partial charge in [0.05, 0.1) is 5.41 Å². The molecule has 4 nitrogen and oxygen atoms in total. The van der Waals surface area contributed by atoms with Crippen LogP contribution in [0, 0.1) is 5.41 Å². The van der Waals surface area contributed by atoms with Gasteiger partial charge in [0.2, 0.25) is 0 Å². The highest BCUT2D eigenvalue weighted by atomic mass is 35.5. The van der Waals surface area contributed by atoms with E-state index in [1.54, 1.807) is 0 Å². The van der Waals surface area contributed by atoms with Crippen molar-refractivity contribution in [1.82, 2.24) is 0 Å². The van der Waals surface area contributed by atoms with E-state index in [2.05, 4.69) is 12.1 Å². The molecule has 3 aromatic rings. The molecule has 0 aliphatic carbocycles. The Bertz CT molecular complexity index is 1130. The first-order valence-electron chi connectivity index (χ1n) is 11.2. The Balaban J connectivity index is 2.08. The molecule has 0 aliphatic heterocycles. The topological polar surface area (TPSA) is 52.6 Å². The predicted molar refractivity (Wildman–Crippen MR) is 137 cm³/mol. The molecule has 0 bridgehead atoms. The van der Waals surface area contributed by atoms with Gasteiger partial charge < -0.3 is 9.47 Å². The van der Waals surface area contributed by atoms with Crippen molar-refractivity contribution in [3.8, 4) is 11.5 Å². The molecule has 0 N–H and O–H groups in total. The number of aldehydes is 1. The largest absolute Gasteiger partial charge is 0.486 e. The van der Waals surface area contributed by atoms with Crippen molar-refractivity contribution in [2.45, 2.75) is 27.2 Å². The smallest absolute Gasteiger partial charge is 0.316 e. The summed E-state index contributed by atoms with van der Waals surface area (Å²) in [4.78, 5) is 22.9. The summed E-state index contributed by atoms with van der Waals surface area (Å²) in [6, 6.07) is 25.3. The monoisotopic (exact) mass is 476 g/mol. The molecular formula is C29H29ClO4. The van der Waals surface area contributed by atoms with Crippen LogP contribution in [0.5, 0.6) is 11.5 Å². The minimum atomic E-state index is -0.585. The van der Waals surface area contributed by atoms with Crippen molar-refractivity contribution in [1.29, 1.82) is 0 Å². The number of hydrogen-bond acceptors (Lipinski definition) is 4. The maximum atomic E-state index is 12.3. The third-order valence-electron chi connectivity index (χ3n) is 5.20. The average Bonchev–Trinajstić information content (AvgIpc) is 2.84. The predicted octanol–water partition coefficient (Wildman–Crippen LogP) is 6.80. The Labute approximate surface area is 206 Å². The second-order valence-corrected chi connectivity index (χ2v) is 9.20. The highest BCUT2D eigenvalue weighted by molar-refractivity contribution is 6.18. The van der Waals surface area contributed by atoms with Gasteiger partial charge in [-0.05, 0) is 79.3 Å². The Morgan fingerprint density at radius 3 is 1.88 bits per heavy atom. The third-order valence-corrected chi connectivity index (χ3v) is 5.38. The molecule has 0 fully saturated rings. The van der Waals surface area contributed by atoms with E-state index in [4.69, 9.17) is 21.1 Å². The molecule has 0 atom stereocenters. The quantitative estimate of drug-likeness (QED) is 0.112. The number of esters is 1. The normalized spacial score (nSPS) is 12.0. The minimum absolute atomic E-state index is 0.0122. The number of allylic oxidation sites excluding steroid dienone is 1. The van der Waals surface area contributed by atoms with Crippen molar-refractivity contribution < 1.29 is 19.1 Å². The van der Waals surface area contributed by atoms with E-state index >= 15 is 0 Å². The van der Waals surface area contributed by atoms with E-state index in [9.17, 15) is 9.59 Å². The average molecular weight is 477 g/mol. The van der Waals surface area contributed by atoms with Crippen LogP contribution in [-0.2, 0) is 9.59 Å². The molecule has 3 rings (SSSR count). The van der Waals surface area contributed by atoms with E-state index in [0.29, 0.717) is 23.8 Å². The maximum absolute atomic E-state index is 12.3. The Morgan fingerprint density at radius 2 is 1.38 bits per heavy atom. The molecule has 3 aromatic carbocycles. The molecular weight excluding hydrogens is 448 g/mol. The van der Waals surface area contributed by atoms with Gasteiger partial charge in [-0.25, -0.2) is 0 Å². The molecule has 5 heteroatoms. The van der Waals surface area contributed by atoms with Crippen molar-refractivity contribution in [3.05, 3.63) is 95.6 Å². The Hall–Kier alpha value is -3.37. The summed E-state index contributed by atoms with van der Waals surface area (Å²) >= 11 is 6.23. The van der Waals surface area contributed by atoms with Crippen molar-refractivity contribution in [2.24, 2.45) is 5.41 Å². The van der Waals surface area contributed by atoms with Crippen LogP contribution in [0.25, 0.3) is 11.1 Å². The van der Waals surface area contributed by atoms with Crippen LogP contribution in [0.15, 0.2) is 78.9 Å². The molecule has 0 unspecified atom stereocenters. The molecule has 0 aromatic heterocycles. The highest BCUT2D eigenvalue weighted by Crippen LogP contribution is 2.36. The van der Waals surface area contributed by atoms with Crippen LogP contribution in [-0.4, -0.2) is 24.7 Å². The first-order chi connectivity index (χ1) is 16.3. The number of benzene rings is 3. The zero-order valence-electron chi connectivity index (χ0n) is 19.7. The molecule has 0 radical (unpaired) electrons. The number of carbonyl (C=O) groups is 2. The summed E-state index contributed by atoms with van der Waals surface area (Å²) < 4.78 is 11.0. The summed E-state index contributed by atoms with van der Waals surface area (Å²) in [6.45, 7) is 5.49. The van der Waals surface area contributed by atoms with E-state index in [0.717, 1.165) is 34.1 Å². The van der Waals surface area contributed by atoms with Crippen LogP contribution in [0.1, 0.15) is 43.9 Å². The summed E-state index contributed by atoms with van der Waals surface area (Å²) in [6.07, 6.45) is 1.40. The Morgan fingerprint density at radius 1 is 0.824 bits per heavy atom. The van der Waals surface area contributed by atoms with E-state index < -0.39 is 5.41 Å². The van der Waals surface area contributed by atoms with Crippen LogP contribution in [0.2, 0.25) is 0 Å². The summed E-state index contributed by atoms with van der Waals surface area (Å²) in [7, 11) is 0. The fraction of sp³-hybridized carbons (Fsp3) is 0.241. The second-order valence-electron chi connectivity index (χ2n) is 8.82. The van der Waals surface area contributed by atoms with Crippen LogP contribution < -0.4 is 9.47 Å². The zero-order valence-corrected chi connectivity index (χ0v) is 20.5. The van der Waals surface area contributed by atoms with E-state index in [1.807, 2.05) is 87.5 Å². The third kappa shape index (κ3) is 6.58.